The van der Waals surface area contributed by atoms with Crippen molar-refractivity contribution >= 4 is 43.3 Å². The van der Waals surface area contributed by atoms with E-state index in [2.05, 4.69) is 15.9 Å². The van der Waals surface area contributed by atoms with Gasteiger partial charge in [-0.15, -0.1) is 11.3 Å². The lowest BCUT2D eigenvalue weighted by Crippen LogP contribution is -2.29. The number of carbonyl (C=O) groups is 1. The van der Waals surface area contributed by atoms with Gasteiger partial charge < -0.3 is 5.11 Å². The molecule has 5 nitrogen and oxygen atoms in total. The third-order valence-corrected chi connectivity index (χ3v) is 7.79. The predicted octanol–water partition coefficient (Wildman–Crippen LogP) is 2.16. The second kappa shape index (κ2) is 5.16. The summed E-state index contributed by atoms with van der Waals surface area (Å²) in [4.78, 5) is 12.0. The smallest absolute Gasteiger partial charge is 0.308 e. The summed E-state index contributed by atoms with van der Waals surface area (Å²) in [6.45, 7) is 3.90. The summed E-state index contributed by atoms with van der Waals surface area (Å²) >= 11 is 4.44. The lowest BCUT2D eigenvalue weighted by Gasteiger charge is -2.15. The molecule has 1 N–H and O–H groups in total. The van der Waals surface area contributed by atoms with E-state index in [1.54, 1.807) is 13.0 Å². The molecule has 8 heteroatoms. The van der Waals surface area contributed by atoms with Crippen molar-refractivity contribution in [1.82, 2.24) is 4.31 Å². The lowest BCUT2D eigenvalue weighted by molar-refractivity contribution is -0.142. The van der Waals surface area contributed by atoms with Gasteiger partial charge in [0.25, 0.3) is 10.0 Å². The number of carboxylic acids is 1. The lowest BCUT2D eigenvalue weighted by atomic mass is 9.99. The maximum absolute atomic E-state index is 12.5. The molecule has 1 aromatic heterocycles. The summed E-state index contributed by atoms with van der Waals surface area (Å²) in [6.07, 6.45) is 0. The van der Waals surface area contributed by atoms with Crippen molar-refractivity contribution in [2.24, 2.45) is 11.8 Å². The van der Waals surface area contributed by atoms with Gasteiger partial charge in [-0.05, 0) is 34.8 Å². The normalized spacial score (nSPS) is 24.8. The van der Waals surface area contributed by atoms with E-state index < -0.39 is 21.9 Å². The van der Waals surface area contributed by atoms with Crippen LogP contribution in [0.3, 0.4) is 0 Å². The molecular weight excluding hydrogens is 354 g/mol. The Bertz CT molecular complexity index is 610. The van der Waals surface area contributed by atoms with Gasteiger partial charge in [0.05, 0.1) is 5.92 Å². The van der Waals surface area contributed by atoms with Crippen LogP contribution in [0.15, 0.2) is 14.7 Å². The highest BCUT2D eigenvalue weighted by Gasteiger charge is 2.41. The third-order valence-electron chi connectivity index (χ3n) is 3.25. The molecule has 1 aromatic rings. The number of halogens is 1. The van der Waals surface area contributed by atoms with Crippen LogP contribution in [0, 0.1) is 18.8 Å². The number of sulfonamides is 1. The molecule has 19 heavy (non-hydrogen) atoms. The Morgan fingerprint density at radius 1 is 1.53 bits per heavy atom. The van der Waals surface area contributed by atoms with Crippen LogP contribution < -0.4 is 0 Å². The van der Waals surface area contributed by atoms with Crippen LogP contribution in [0.25, 0.3) is 0 Å². The number of aryl methyl sites for hydroxylation is 1. The quantitative estimate of drug-likeness (QED) is 0.887. The summed E-state index contributed by atoms with van der Waals surface area (Å²) in [5, 5.41) is 9.07. The molecule has 0 saturated carbocycles. The highest BCUT2D eigenvalue weighted by molar-refractivity contribution is 9.10. The van der Waals surface area contributed by atoms with E-state index in [0.29, 0.717) is 4.47 Å². The molecule has 0 amide bonds. The Labute approximate surface area is 124 Å². The summed E-state index contributed by atoms with van der Waals surface area (Å²) in [7, 11) is -3.61. The van der Waals surface area contributed by atoms with E-state index >= 15 is 0 Å². The van der Waals surface area contributed by atoms with Crippen molar-refractivity contribution in [2.75, 3.05) is 13.1 Å². The number of hydrogen-bond acceptors (Lipinski definition) is 4. The molecule has 0 aromatic carbocycles. The molecule has 2 heterocycles. The number of carboxylic acid groups (broad SMARTS) is 1. The van der Waals surface area contributed by atoms with Crippen molar-refractivity contribution in [1.29, 1.82) is 0 Å². The second-order valence-electron chi connectivity index (χ2n) is 4.74. The standard InChI is InChI=1S/C11H14BrNO4S2/c1-6-4-13(5-8(6)10(14)15)19(16,17)11-9(12)3-7(2)18-11/h3,6,8H,4-5H2,1-2H3,(H,14,15)/t6-,8-/m1/s1. The Hall–Kier alpha value is -0.440. The predicted molar refractivity (Wildman–Crippen MR) is 75.8 cm³/mol. The van der Waals surface area contributed by atoms with Gasteiger partial charge in [0.1, 0.15) is 4.21 Å². The summed E-state index contributed by atoms with van der Waals surface area (Å²) in [5.74, 6) is -1.74. The van der Waals surface area contributed by atoms with Crippen molar-refractivity contribution in [2.45, 2.75) is 18.1 Å². The van der Waals surface area contributed by atoms with Gasteiger partial charge >= 0.3 is 5.97 Å². The summed E-state index contributed by atoms with van der Waals surface area (Å²) < 4.78 is 27.1. The molecule has 1 fully saturated rings. The van der Waals surface area contributed by atoms with Crippen LogP contribution in [-0.4, -0.2) is 36.9 Å². The maximum Gasteiger partial charge on any atom is 0.308 e. The number of hydrogen-bond donors (Lipinski definition) is 1. The fourth-order valence-electron chi connectivity index (χ4n) is 2.19. The highest BCUT2D eigenvalue weighted by Crippen LogP contribution is 2.36. The topological polar surface area (TPSA) is 74.7 Å². The van der Waals surface area contributed by atoms with Crippen LogP contribution in [0.5, 0.6) is 0 Å². The monoisotopic (exact) mass is 367 g/mol. The van der Waals surface area contributed by atoms with Crippen molar-refractivity contribution in [3.8, 4) is 0 Å². The van der Waals surface area contributed by atoms with Crippen molar-refractivity contribution < 1.29 is 18.3 Å². The van der Waals surface area contributed by atoms with Crippen LogP contribution in [0.4, 0.5) is 0 Å². The largest absolute Gasteiger partial charge is 0.481 e. The van der Waals surface area contributed by atoms with E-state index in [4.69, 9.17) is 5.11 Å². The van der Waals surface area contributed by atoms with E-state index in [0.717, 1.165) is 4.88 Å². The van der Waals surface area contributed by atoms with Crippen LogP contribution in [0.2, 0.25) is 0 Å². The first-order valence-corrected chi connectivity index (χ1v) is 8.77. The van der Waals surface area contributed by atoms with Crippen LogP contribution in [-0.2, 0) is 14.8 Å². The number of nitrogens with zero attached hydrogens (tertiary/aromatic N) is 1. The van der Waals surface area contributed by atoms with Gasteiger partial charge in [-0.25, -0.2) is 8.42 Å². The van der Waals surface area contributed by atoms with Gasteiger partial charge in [0, 0.05) is 22.4 Å². The second-order valence-corrected chi connectivity index (χ2v) is 8.98. The number of thiophene rings is 1. The average molecular weight is 368 g/mol. The van der Waals surface area contributed by atoms with Gasteiger partial charge in [0.2, 0.25) is 0 Å². The van der Waals surface area contributed by atoms with Gasteiger partial charge in [-0.1, -0.05) is 6.92 Å². The molecule has 0 radical (unpaired) electrons. The van der Waals surface area contributed by atoms with Gasteiger partial charge in [-0.2, -0.15) is 4.31 Å². The van der Waals surface area contributed by atoms with Crippen molar-refractivity contribution in [3.63, 3.8) is 0 Å². The highest BCUT2D eigenvalue weighted by atomic mass is 79.9. The molecule has 1 saturated heterocycles. The molecule has 1 aliphatic heterocycles. The van der Waals surface area contributed by atoms with E-state index in [-0.39, 0.29) is 23.2 Å². The zero-order valence-electron chi connectivity index (χ0n) is 10.5. The zero-order chi connectivity index (χ0) is 14.4. The molecule has 0 aliphatic carbocycles. The van der Waals surface area contributed by atoms with Crippen LogP contribution in [0.1, 0.15) is 11.8 Å². The first-order chi connectivity index (χ1) is 8.73. The molecule has 2 rings (SSSR count). The van der Waals surface area contributed by atoms with E-state index in [9.17, 15) is 13.2 Å². The Kier molecular flexibility index (Phi) is 4.06. The molecular formula is C11H14BrNO4S2. The molecule has 0 bridgehead atoms. The van der Waals surface area contributed by atoms with Crippen LogP contribution >= 0.6 is 27.3 Å². The minimum Gasteiger partial charge on any atom is -0.481 e. The summed E-state index contributed by atoms with van der Waals surface area (Å²) in [6, 6.07) is 1.76. The molecule has 0 unspecified atom stereocenters. The SMILES string of the molecule is Cc1cc(Br)c(S(=O)(=O)N2C[C@@H](C)[C@H](C(=O)O)C2)s1. The summed E-state index contributed by atoms with van der Waals surface area (Å²) in [5.41, 5.74) is 0. The maximum atomic E-state index is 12.5. The van der Waals surface area contributed by atoms with E-state index in [1.165, 1.54) is 15.6 Å². The fraction of sp³-hybridized carbons (Fsp3) is 0.545. The van der Waals surface area contributed by atoms with Gasteiger partial charge in [0.15, 0.2) is 0 Å². The molecule has 2 atom stereocenters. The molecule has 1 aliphatic rings. The van der Waals surface area contributed by atoms with E-state index in [1.807, 2.05) is 6.92 Å². The molecule has 0 spiro atoms. The average Bonchev–Trinajstić information content (AvgIpc) is 2.82. The van der Waals surface area contributed by atoms with Crippen molar-refractivity contribution in [3.05, 3.63) is 15.4 Å². The Balaban J connectivity index is 2.32. The number of aliphatic carboxylic acids is 1. The minimum absolute atomic E-state index is 0.0439. The fourth-order valence-corrected chi connectivity index (χ4v) is 6.63. The Morgan fingerprint density at radius 3 is 2.58 bits per heavy atom. The first kappa shape index (κ1) is 15.0. The number of rotatable bonds is 3. The molecule has 106 valence electrons. The zero-order valence-corrected chi connectivity index (χ0v) is 13.7. The third kappa shape index (κ3) is 2.72. The minimum atomic E-state index is -3.61. The van der Waals surface area contributed by atoms with Gasteiger partial charge in [-0.3, -0.25) is 4.79 Å². The first-order valence-electron chi connectivity index (χ1n) is 5.72. The Morgan fingerprint density at radius 2 is 2.16 bits per heavy atom.